The van der Waals surface area contributed by atoms with Gasteiger partial charge in [-0.25, -0.2) is 12.8 Å². The number of hydrogen-bond acceptors (Lipinski definition) is 4. The number of benzene rings is 1. The van der Waals surface area contributed by atoms with Crippen LogP contribution in [0.15, 0.2) is 18.2 Å². The SMILES string of the molecule is COc1ccc(F)cc1C1(O)CC2CCC(C1)S2(=O)=O. The fourth-order valence-electron chi connectivity index (χ4n) is 3.51. The lowest BCUT2D eigenvalue weighted by Gasteiger charge is -2.37. The first-order valence-electron chi connectivity index (χ1n) is 6.66. The quantitative estimate of drug-likeness (QED) is 0.904. The normalized spacial score (nSPS) is 35.0. The number of aliphatic hydroxyl groups is 1. The van der Waals surface area contributed by atoms with Crippen molar-refractivity contribution in [1.29, 1.82) is 0 Å². The second-order valence-corrected chi connectivity index (χ2v) is 8.21. The summed E-state index contributed by atoms with van der Waals surface area (Å²) in [6.45, 7) is 0. The van der Waals surface area contributed by atoms with Crippen LogP contribution in [-0.4, -0.2) is 31.1 Å². The molecular formula is C14H17FO4S. The largest absolute Gasteiger partial charge is 0.496 e. The Morgan fingerprint density at radius 1 is 1.30 bits per heavy atom. The number of sulfone groups is 1. The van der Waals surface area contributed by atoms with Gasteiger partial charge in [-0.2, -0.15) is 0 Å². The highest BCUT2D eigenvalue weighted by molar-refractivity contribution is 7.93. The predicted molar refractivity (Wildman–Crippen MR) is 71.8 cm³/mol. The van der Waals surface area contributed by atoms with Crippen LogP contribution >= 0.6 is 0 Å². The molecule has 2 saturated heterocycles. The standard InChI is InChI=1S/C14H17FO4S/c1-19-13-5-2-9(15)6-12(13)14(16)7-10-3-4-11(8-14)20(10,17)18/h2,5-6,10-11,16H,3-4,7-8H2,1H3. The molecule has 2 heterocycles. The molecular weight excluding hydrogens is 283 g/mol. The molecule has 2 bridgehead atoms. The molecule has 3 rings (SSSR count). The Morgan fingerprint density at radius 2 is 1.90 bits per heavy atom. The second-order valence-electron chi connectivity index (χ2n) is 5.69. The maximum atomic E-state index is 13.5. The zero-order valence-corrected chi connectivity index (χ0v) is 12.0. The molecule has 2 aliphatic heterocycles. The average Bonchev–Trinajstić information content (AvgIpc) is 2.59. The highest BCUT2D eigenvalue weighted by Crippen LogP contribution is 2.49. The van der Waals surface area contributed by atoms with Gasteiger partial charge in [0.15, 0.2) is 9.84 Å². The highest BCUT2D eigenvalue weighted by atomic mass is 32.2. The van der Waals surface area contributed by atoms with E-state index in [9.17, 15) is 17.9 Å². The summed E-state index contributed by atoms with van der Waals surface area (Å²) in [5.74, 6) is -0.0670. The van der Waals surface area contributed by atoms with Crippen molar-refractivity contribution < 1.29 is 22.7 Å². The van der Waals surface area contributed by atoms with Crippen LogP contribution in [-0.2, 0) is 15.4 Å². The van der Waals surface area contributed by atoms with E-state index in [4.69, 9.17) is 4.74 Å². The molecule has 0 amide bonds. The molecule has 2 unspecified atom stereocenters. The van der Waals surface area contributed by atoms with E-state index in [-0.39, 0.29) is 12.8 Å². The molecule has 1 aromatic rings. The fraction of sp³-hybridized carbons (Fsp3) is 0.571. The molecule has 2 aliphatic rings. The van der Waals surface area contributed by atoms with Crippen molar-refractivity contribution in [1.82, 2.24) is 0 Å². The van der Waals surface area contributed by atoms with Gasteiger partial charge in [0.25, 0.3) is 0 Å². The average molecular weight is 300 g/mol. The van der Waals surface area contributed by atoms with Gasteiger partial charge < -0.3 is 9.84 Å². The van der Waals surface area contributed by atoms with Gasteiger partial charge in [0.2, 0.25) is 0 Å². The van der Waals surface area contributed by atoms with Crippen LogP contribution in [0, 0.1) is 5.82 Å². The van der Waals surface area contributed by atoms with E-state index < -0.39 is 31.8 Å². The van der Waals surface area contributed by atoms with Crippen molar-refractivity contribution >= 4 is 9.84 Å². The number of methoxy groups -OCH3 is 1. The lowest BCUT2D eigenvalue weighted by molar-refractivity contribution is 0.0148. The van der Waals surface area contributed by atoms with Gasteiger partial charge in [-0.1, -0.05) is 0 Å². The summed E-state index contributed by atoms with van der Waals surface area (Å²) in [5, 5.41) is 9.82. The third kappa shape index (κ3) is 1.93. The molecule has 1 N–H and O–H groups in total. The second kappa shape index (κ2) is 4.43. The van der Waals surface area contributed by atoms with Crippen molar-refractivity contribution in [2.24, 2.45) is 0 Å². The number of hydrogen-bond donors (Lipinski definition) is 1. The topological polar surface area (TPSA) is 63.6 Å². The Labute approximate surface area is 117 Å². The Morgan fingerprint density at radius 3 is 2.45 bits per heavy atom. The molecule has 110 valence electrons. The molecule has 1 aromatic carbocycles. The molecule has 20 heavy (non-hydrogen) atoms. The number of fused-ring (bicyclic) bond motifs is 2. The molecule has 2 atom stereocenters. The van der Waals surface area contributed by atoms with Crippen LogP contribution in [0.1, 0.15) is 31.2 Å². The monoisotopic (exact) mass is 300 g/mol. The van der Waals surface area contributed by atoms with Gasteiger partial charge in [0.05, 0.1) is 23.2 Å². The minimum absolute atomic E-state index is 0.117. The fourth-order valence-corrected chi connectivity index (χ4v) is 6.00. The molecule has 0 saturated carbocycles. The number of rotatable bonds is 2. The van der Waals surface area contributed by atoms with Gasteiger partial charge >= 0.3 is 0 Å². The summed E-state index contributed by atoms with van der Waals surface area (Å²) in [4.78, 5) is 0. The summed E-state index contributed by atoms with van der Waals surface area (Å²) in [5.41, 5.74) is -0.975. The first-order valence-corrected chi connectivity index (χ1v) is 8.27. The molecule has 4 nitrogen and oxygen atoms in total. The van der Waals surface area contributed by atoms with E-state index in [1.54, 1.807) is 0 Å². The number of ether oxygens (including phenoxy) is 1. The molecule has 0 spiro atoms. The summed E-state index contributed by atoms with van der Waals surface area (Å²) < 4.78 is 42.9. The smallest absolute Gasteiger partial charge is 0.156 e. The maximum absolute atomic E-state index is 13.5. The van der Waals surface area contributed by atoms with Gasteiger partial charge in [-0.15, -0.1) is 0 Å². The molecule has 2 fully saturated rings. The molecule has 0 radical (unpaired) electrons. The minimum Gasteiger partial charge on any atom is -0.496 e. The van der Waals surface area contributed by atoms with Crippen LogP contribution in [0.3, 0.4) is 0 Å². The minimum atomic E-state index is -3.13. The zero-order valence-electron chi connectivity index (χ0n) is 11.2. The Bertz CT molecular complexity index is 621. The van der Waals surface area contributed by atoms with Crippen LogP contribution in [0.4, 0.5) is 4.39 Å². The van der Waals surface area contributed by atoms with Gasteiger partial charge in [-0.05, 0) is 43.9 Å². The third-order valence-corrected chi connectivity index (χ3v) is 7.20. The summed E-state index contributed by atoms with van der Waals surface area (Å²) >= 11 is 0. The molecule has 0 aliphatic carbocycles. The molecule has 0 aromatic heterocycles. The Hall–Kier alpha value is -1.14. The van der Waals surface area contributed by atoms with Crippen molar-refractivity contribution in [3.63, 3.8) is 0 Å². The Kier molecular flexibility index (Phi) is 3.06. The summed E-state index contributed by atoms with van der Waals surface area (Å²) in [6, 6.07) is 3.98. The maximum Gasteiger partial charge on any atom is 0.156 e. The van der Waals surface area contributed by atoms with E-state index in [2.05, 4.69) is 0 Å². The predicted octanol–water partition coefficient (Wildman–Crippen LogP) is 1.76. The summed E-state index contributed by atoms with van der Waals surface area (Å²) in [6.07, 6.45) is 1.39. The Balaban J connectivity index is 2.05. The van der Waals surface area contributed by atoms with E-state index in [0.717, 1.165) is 0 Å². The van der Waals surface area contributed by atoms with Crippen LogP contribution in [0.2, 0.25) is 0 Å². The van der Waals surface area contributed by atoms with Crippen molar-refractivity contribution in [3.05, 3.63) is 29.6 Å². The first-order chi connectivity index (χ1) is 9.37. The van der Waals surface area contributed by atoms with E-state index in [1.165, 1.54) is 25.3 Å². The van der Waals surface area contributed by atoms with Gasteiger partial charge in [0.1, 0.15) is 11.6 Å². The molecule has 6 heteroatoms. The lowest BCUT2D eigenvalue weighted by atomic mass is 9.85. The lowest BCUT2D eigenvalue weighted by Crippen LogP contribution is -2.43. The van der Waals surface area contributed by atoms with E-state index in [0.29, 0.717) is 24.2 Å². The summed E-state index contributed by atoms with van der Waals surface area (Å²) in [7, 11) is -1.68. The van der Waals surface area contributed by atoms with Crippen molar-refractivity contribution in [3.8, 4) is 5.75 Å². The van der Waals surface area contributed by atoms with Crippen molar-refractivity contribution in [2.45, 2.75) is 41.8 Å². The van der Waals surface area contributed by atoms with E-state index in [1.807, 2.05) is 0 Å². The van der Waals surface area contributed by atoms with Crippen LogP contribution in [0.25, 0.3) is 0 Å². The number of halogens is 1. The van der Waals surface area contributed by atoms with Crippen LogP contribution < -0.4 is 4.74 Å². The van der Waals surface area contributed by atoms with Gasteiger partial charge in [0, 0.05) is 5.56 Å². The first kappa shape index (κ1) is 13.8. The van der Waals surface area contributed by atoms with Gasteiger partial charge in [-0.3, -0.25) is 0 Å². The highest BCUT2D eigenvalue weighted by Gasteiger charge is 2.53. The zero-order chi connectivity index (χ0) is 14.5. The van der Waals surface area contributed by atoms with Crippen molar-refractivity contribution in [2.75, 3.05) is 7.11 Å². The van der Waals surface area contributed by atoms with Crippen LogP contribution in [0.5, 0.6) is 5.75 Å². The third-order valence-electron chi connectivity index (χ3n) is 4.53. The van der Waals surface area contributed by atoms with E-state index >= 15 is 0 Å².